The predicted molar refractivity (Wildman–Crippen MR) is 54.8 cm³/mol. The Balaban J connectivity index is 2.65. The molecule has 1 aromatic rings. The number of hydrogen-bond donors (Lipinski definition) is 0. The minimum atomic E-state index is 0.392. The van der Waals surface area contributed by atoms with Crippen LogP contribution in [0, 0.1) is 11.8 Å². The Kier molecular flexibility index (Phi) is 3.85. The standard InChI is InChI=1S/C10H13ClN2/c1-9(2)13-8-10(7-12-13)5-3-4-6-11/h7-9H,4,6H2,1-2H3. The van der Waals surface area contributed by atoms with Crippen LogP contribution in [0.1, 0.15) is 31.9 Å². The molecule has 0 aliphatic rings. The summed E-state index contributed by atoms with van der Waals surface area (Å²) >= 11 is 5.50. The summed E-state index contributed by atoms with van der Waals surface area (Å²) in [5, 5.41) is 4.18. The van der Waals surface area contributed by atoms with Gasteiger partial charge in [0.1, 0.15) is 0 Å². The molecule has 13 heavy (non-hydrogen) atoms. The van der Waals surface area contributed by atoms with Gasteiger partial charge >= 0.3 is 0 Å². The first-order valence-electron chi connectivity index (χ1n) is 4.33. The van der Waals surface area contributed by atoms with Crippen molar-refractivity contribution in [3.8, 4) is 11.8 Å². The van der Waals surface area contributed by atoms with Gasteiger partial charge in [-0.15, -0.1) is 11.6 Å². The molecule has 70 valence electrons. The SMILES string of the molecule is CC(C)n1cc(C#CCCCl)cn1. The molecule has 0 unspecified atom stereocenters. The minimum Gasteiger partial charge on any atom is -0.269 e. The van der Waals surface area contributed by atoms with Crippen molar-refractivity contribution in [3.63, 3.8) is 0 Å². The van der Waals surface area contributed by atoms with E-state index in [0.717, 1.165) is 12.0 Å². The number of nitrogens with zero attached hydrogens (tertiary/aromatic N) is 2. The Morgan fingerprint density at radius 2 is 2.38 bits per heavy atom. The molecule has 0 fully saturated rings. The van der Waals surface area contributed by atoms with Gasteiger partial charge < -0.3 is 0 Å². The molecule has 0 bridgehead atoms. The average molecular weight is 197 g/mol. The Labute approximate surface area is 83.9 Å². The van der Waals surface area contributed by atoms with Gasteiger partial charge in [0.05, 0.1) is 11.8 Å². The topological polar surface area (TPSA) is 17.8 Å². The Hall–Kier alpha value is -0.940. The number of rotatable bonds is 2. The molecule has 0 radical (unpaired) electrons. The highest BCUT2D eigenvalue weighted by Gasteiger charge is 1.97. The lowest BCUT2D eigenvalue weighted by molar-refractivity contribution is 0.532. The van der Waals surface area contributed by atoms with Gasteiger partial charge in [-0.3, -0.25) is 4.68 Å². The monoisotopic (exact) mass is 196 g/mol. The maximum Gasteiger partial charge on any atom is 0.0646 e. The highest BCUT2D eigenvalue weighted by Crippen LogP contribution is 2.03. The molecule has 0 saturated heterocycles. The van der Waals surface area contributed by atoms with Crippen molar-refractivity contribution < 1.29 is 0 Å². The molecule has 1 heterocycles. The van der Waals surface area contributed by atoms with Crippen LogP contribution >= 0.6 is 11.6 Å². The van der Waals surface area contributed by atoms with Gasteiger partial charge in [-0.1, -0.05) is 11.8 Å². The van der Waals surface area contributed by atoms with Crippen molar-refractivity contribution >= 4 is 11.6 Å². The van der Waals surface area contributed by atoms with Crippen molar-refractivity contribution in [1.29, 1.82) is 0 Å². The molecule has 0 aromatic carbocycles. The molecule has 0 atom stereocenters. The second kappa shape index (κ2) is 4.94. The second-order valence-electron chi connectivity index (χ2n) is 3.04. The zero-order chi connectivity index (χ0) is 9.68. The summed E-state index contributed by atoms with van der Waals surface area (Å²) in [5.74, 6) is 6.56. The summed E-state index contributed by atoms with van der Waals surface area (Å²) in [6.45, 7) is 4.17. The van der Waals surface area contributed by atoms with Crippen LogP contribution in [-0.4, -0.2) is 15.7 Å². The lowest BCUT2D eigenvalue weighted by atomic mass is 10.3. The second-order valence-corrected chi connectivity index (χ2v) is 3.42. The quantitative estimate of drug-likeness (QED) is 0.525. The van der Waals surface area contributed by atoms with Crippen molar-refractivity contribution in [1.82, 2.24) is 9.78 Å². The van der Waals surface area contributed by atoms with Crippen LogP contribution in [0.25, 0.3) is 0 Å². The van der Waals surface area contributed by atoms with Gasteiger partial charge in [0.15, 0.2) is 0 Å². The van der Waals surface area contributed by atoms with Gasteiger partial charge in [0, 0.05) is 24.5 Å². The molecule has 1 aromatic heterocycles. The summed E-state index contributed by atoms with van der Waals surface area (Å²) in [5.41, 5.74) is 0.957. The number of halogens is 1. The van der Waals surface area contributed by atoms with E-state index >= 15 is 0 Å². The molecular weight excluding hydrogens is 184 g/mol. The third kappa shape index (κ3) is 3.12. The van der Waals surface area contributed by atoms with Crippen LogP contribution in [0.4, 0.5) is 0 Å². The minimum absolute atomic E-state index is 0.392. The smallest absolute Gasteiger partial charge is 0.0646 e. The van der Waals surface area contributed by atoms with E-state index in [4.69, 9.17) is 11.6 Å². The maximum atomic E-state index is 5.50. The molecule has 0 amide bonds. The fraction of sp³-hybridized carbons (Fsp3) is 0.500. The van der Waals surface area contributed by atoms with E-state index in [9.17, 15) is 0 Å². The first kappa shape index (κ1) is 10.1. The molecule has 1 rings (SSSR count). The first-order chi connectivity index (χ1) is 6.24. The van der Waals surface area contributed by atoms with Gasteiger partial charge in [0.25, 0.3) is 0 Å². The number of hydrogen-bond acceptors (Lipinski definition) is 1. The molecule has 0 aliphatic carbocycles. The van der Waals surface area contributed by atoms with Crippen LogP contribution in [0.2, 0.25) is 0 Å². The average Bonchev–Trinajstić information content (AvgIpc) is 2.53. The fourth-order valence-corrected chi connectivity index (χ4v) is 0.991. The molecule has 0 N–H and O–H groups in total. The number of aromatic nitrogens is 2. The fourth-order valence-electron chi connectivity index (χ4n) is 0.897. The van der Waals surface area contributed by atoms with Crippen molar-refractivity contribution in [3.05, 3.63) is 18.0 Å². The molecule has 0 saturated carbocycles. The highest BCUT2D eigenvalue weighted by molar-refractivity contribution is 6.18. The Bertz CT molecular complexity index is 317. The lowest BCUT2D eigenvalue weighted by Gasteiger charge is -2.02. The van der Waals surface area contributed by atoms with Crippen LogP contribution in [0.3, 0.4) is 0 Å². The van der Waals surface area contributed by atoms with Crippen LogP contribution in [0.15, 0.2) is 12.4 Å². The van der Waals surface area contributed by atoms with Crippen molar-refractivity contribution in [2.24, 2.45) is 0 Å². The summed E-state index contributed by atoms with van der Waals surface area (Å²) in [6.07, 6.45) is 4.46. The molecular formula is C10H13ClN2. The zero-order valence-electron chi connectivity index (χ0n) is 7.92. The summed E-state index contributed by atoms with van der Waals surface area (Å²) in [7, 11) is 0. The lowest BCUT2D eigenvalue weighted by Crippen LogP contribution is -1.99. The molecule has 0 spiro atoms. The van der Waals surface area contributed by atoms with E-state index in [1.807, 2.05) is 10.9 Å². The van der Waals surface area contributed by atoms with Crippen LogP contribution < -0.4 is 0 Å². The van der Waals surface area contributed by atoms with Crippen molar-refractivity contribution in [2.45, 2.75) is 26.3 Å². The Morgan fingerprint density at radius 1 is 1.62 bits per heavy atom. The van der Waals surface area contributed by atoms with Crippen LogP contribution in [0.5, 0.6) is 0 Å². The van der Waals surface area contributed by atoms with E-state index in [1.165, 1.54) is 0 Å². The van der Waals surface area contributed by atoms with Crippen LogP contribution in [-0.2, 0) is 0 Å². The van der Waals surface area contributed by atoms with E-state index in [0.29, 0.717) is 11.9 Å². The highest BCUT2D eigenvalue weighted by atomic mass is 35.5. The van der Waals surface area contributed by atoms with E-state index < -0.39 is 0 Å². The molecule has 2 nitrogen and oxygen atoms in total. The normalized spacial score (nSPS) is 9.85. The zero-order valence-corrected chi connectivity index (χ0v) is 8.67. The molecule has 3 heteroatoms. The van der Waals surface area contributed by atoms with E-state index in [-0.39, 0.29) is 0 Å². The van der Waals surface area contributed by atoms with E-state index in [1.54, 1.807) is 6.20 Å². The first-order valence-corrected chi connectivity index (χ1v) is 4.86. The van der Waals surface area contributed by atoms with Gasteiger partial charge in [-0.25, -0.2) is 0 Å². The Morgan fingerprint density at radius 3 is 2.92 bits per heavy atom. The van der Waals surface area contributed by atoms with E-state index in [2.05, 4.69) is 30.8 Å². The largest absolute Gasteiger partial charge is 0.269 e. The van der Waals surface area contributed by atoms with Gasteiger partial charge in [-0.2, -0.15) is 5.10 Å². The number of alkyl halides is 1. The third-order valence-electron chi connectivity index (χ3n) is 1.58. The van der Waals surface area contributed by atoms with Gasteiger partial charge in [0.2, 0.25) is 0 Å². The maximum absolute atomic E-state index is 5.50. The predicted octanol–water partition coefficient (Wildman–Crippen LogP) is 2.44. The molecule has 0 aliphatic heterocycles. The summed E-state index contributed by atoms with van der Waals surface area (Å²) < 4.78 is 1.89. The third-order valence-corrected chi connectivity index (χ3v) is 1.77. The summed E-state index contributed by atoms with van der Waals surface area (Å²) in [4.78, 5) is 0. The van der Waals surface area contributed by atoms with Gasteiger partial charge in [-0.05, 0) is 13.8 Å². The summed E-state index contributed by atoms with van der Waals surface area (Å²) in [6, 6.07) is 0.392. The van der Waals surface area contributed by atoms with Crippen molar-refractivity contribution in [2.75, 3.05) is 5.88 Å².